The summed E-state index contributed by atoms with van der Waals surface area (Å²) in [5.74, 6) is 1.34. The Bertz CT molecular complexity index is 580. The molecule has 0 saturated heterocycles. The fraction of sp³-hybridized carbons (Fsp3) is 0.389. The first-order valence-electron chi connectivity index (χ1n) is 7.95. The van der Waals surface area contributed by atoms with Crippen LogP contribution in [0.4, 0.5) is 5.69 Å². The molecule has 1 heterocycles. The number of benzene rings is 1. The van der Waals surface area contributed by atoms with E-state index in [1.807, 2.05) is 13.1 Å². The van der Waals surface area contributed by atoms with Crippen LogP contribution in [0.15, 0.2) is 52.8 Å². The summed E-state index contributed by atoms with van der Waals surface area (Å²) in [5.41, 5.74) is 1.23. The molecule has 0 aliphatic heterocycles. The van der Waals surface area contributed by atoms with E-state index in [0.29, 0.717) is 5.92 Å². The molecule has 124 valence electrons. The topological polar surface area (TPSA) is 39.7 Å². The van der Waals surface area contributed by atoms with Gasteiger partial charge < -0.3 is 15.5 Å². The highest BCUT2D eigenvalue weighted by Gasteiger charge is 2.07. The Morgan fingerprint density at radius 2 is 1.96 bits per heavy atom. The van der Waals surface area contributed by atoms with Crippen molar-refractivity contribution in [2.75, 3.05) is 38.6 Å². The fourth-order valence-corrected chi connectivity index (χ4v) is 3.08. The van der Waals surface area contributed by atoms with Crippen LogP contribution in [0.1, 0.15) is 17.7 Å². The molecule has 1 aromatic carbocycles. The molecule has 0 fully saturated rings. The lowest BCUT2D eigenvalue weighted by Crippen LogP contribution is -2.42. The monoisotopic (exact) mass is 330 g/mol. The minimum absolute atomic E-state index is 0.487. The SMILES string of the molecule is CN=C(NCCN(C)c1ccccc1)NCC(C)c1cccs1. The molecule has 5 heteroatoms. The van der Waals surface area contributed by atoms with Gasteiger partial charge in [0.25, 0.3) is 0 Å². The van der Waals surface area contributed by atoms with Crippen molar-refractivity contribution in [2.45, 2.75) is 12.8 Å². The average molecular weight is 331 g/mol. The number of nitrogens with one attached hydrogen (secondary N) is 2. The molecular formula is C18H26N4S. The van der Waals surface area contributed by atoms with Crippen LogP contribution in [-0.4, -0.2) is 39.7 Å². The molecule has 0 aliphatic carbocycles. The van der Waals surface area contributed by atoms with Crippen molar-refractivity contribution in [3.63, 3.8) is 0 Å². The summed E-state index contributed by atoms with van der Waals surface area (Å²) in [5, 5.41) is 8.89. The first kappa shape index (κ1) is 17.3. The van der Waals surface area contributed by atoms with Crippen LogP contribution in [0.2, 0.25) is 0 Å². The van der Waals surface area contributed by atoms with Crippen LogP contribution >= 0.6 is 11.3 Å². The smallest absolute Gasteiger partial charge is 0.191 e. The summed E-state index contributed by atoms with van der Waals surface area (Å²) in [6.07, 6.45) is 0. The van der Waals surface area contributed by atoms with Crippen LogP contribution in [0, 0.1) is 0 Å². The fourth-order valence-electron chi connectivity index (χ4n) is 2.30. The number of thiophene rings is 1. The molecule has 2 rings (SSSR count). The van der Waals surface area contributed by atoms with Gasteiger partial charge in [-0.05, 0) is 23.6 Å². The van der Waals surface area contributed by atoms with Gasteiger partial charge >= 0.3 is 0 Å². The molecular weight excluding hydrogens is 304 g/mol. The lowest BCUT2D eigenvalue weighted by atomic mass is 10.1. The van der Waals surface area contributed by atoms with Crippen LogP contribution in [0.3, 0.4) is 0 Å². The number of rotatable bonds is 7. The standard InChI is InChI=1S/C18H26N4S/c1-15(17-10-7-13-23-17)14-21-18(19-2)20-11-12-22(3)16-8-5-4-6-9-16/h4-10,13,15H,11-12,14H2,1-3H3,(H2,19,20,21). The molecule has 1 unspecified atom stereocenters. The maximum atomic E-state index is 4.29. The predicted molar refractivity (Wildman–Crippen MR) is 102 cm³/mol. The van der Waals surface area contributed by atoms with Gasteiger partial charge in [0.2, 0.25) is 0 Å². The molecule has 2 aromatic rings. The predicted octanol–water partition coefficient (Wildman–Crippen LogP) is 3.15. The molecule has 0 radical (unpaired) electrons. The van der Waals surface area contributed by atoms with Gasteiger partial charge in [0.15, 0.2) is 5.96 Å². The largest absolute Gasteiger partial charge is 0.373 e. The molecule has 1 atom stereocenters. The van der Waals surface area contributed by atoms with E-state index in [4.69, 9.17) is 0 Å². The maximum absolute atomic E-state index is 4.29. The van der Waals surface area contributed by atoms with Gasteiger partial charge in [-0.15, -0.1) is 11.3 Å². The highest BCUT2D eigenvalue weighted by atomic mass is 32.1. The molecule has 2 N–H and O–H groups in total. The summed E-state index contributed by atoms with van der Waals surface area (Å²) in [6.45, 7) is 4.88. The van der Waals surface area contributed by atoms with E-state index in [2.05, 4.69) is 76.3 Å². The van der Waals surface area contributed by atoms with Crippen molar-refractivity contribution in [1.82, 2.24) is 10.6 Å². The van der Waals surface area contributed by atoms with Gasteiger partial charge in [-0.1, -0.05) is 31.2 Å². The molecule has 0 bridgehead atoms. The van der Waals surface area contributed by atoms with E-state index in [-0.39, 0.29) is 0 Å². The first-order valence-corrected chi connectivity index (χ1v) is 8.82. The molecule has 4 nitrogen and oxygen atoms in total. The van der Waals surface area contributed by atoms with Gasteiger partial charge in [0.1, 0.15) is 0 Å². The third-order valence-electron chi connectivity index (χ3n) is 3.76. The Morgan fingerprint density at radius 3 is 2.61 bits per heavy atom. The second-order valence-electron chi connectivity index (χ2n) is 5.55. The Balaban J connectivity index is 1.71. The van der Waals surface area contributed by atoms with Crippen molar-refractivity contribution in [3.05, 3.63) is 52.7 Å². The van der Waals surface area contributed by atoms with E-state index in [0.717, 1.165) is 25.6 Å². The number of likely N-dealkylation sites (N-methyl/N-ethyl adjacent to an activating group) is 1. The van der Waals surface area contributed by atoms with Crippen LogP contribution in [0.5, 0.6) is 0 Å². The van der Waals surface area contributed by atoms with Crippen LogP contribution in [0.25, 0.3) is 0 Å². The summed E-state index contributed by atoms with van der Waals surface area (Å²) < 4.78 is 0. The third kappa shape index (κ3) is 5.60. The third-order valence-corrected chi connectivity index (χ3v) is 4.87. The van der Waals surface area contributed by atoms with Gasteiger partial charge in [0, 0.05) is 50.2 Å². The Labute approximate surface area is 143 Å². The van der Waals surface area contributed by atoms with Gasteiger partial charge in [-0.2, -0.15) is 0 Å². The number of hydrogen-bond donors (Lipinski definition) is 2. The van der Waals surface area contributed by atoms with E-state index in [1.54, 1.807) is 11.3 Å². The zero-order valence-corrected chi connectivity index (χ0v) is 14.9. The van der Waals surface area contributed by atoms with Crippen molar-refractivity contribution in [3.8, 4) is 0 Å². The van der Waals surface area contributed by atoms with Crippen LogP contribution < -0.4 is 15.5 Å². The average Bonchev–Trinajstić information content (AvgIpc) is 3.13. The summed E-state index contributed by atoms with van der Waals surface area (Å²) in [7, 11) is 3.91. The molecule has 23 heavy (non-hydrogen) atoms. The van der Waals surface area contributed by atoms with E-state index in [9.17, 15) is 0 Å². The normalized spacial score (nSPS) is 12.7. The number of para-hydroxylation sites is 1. The molecule has 0 spiro atoms. The Kier molecular flexibility index (Phi) is 6.94. The van der Waals surface area contributed by atoms with E-state index < -0.39 is 0 Å². The molecule has 1 aromatic heterocycles. The minimum atomic E-state index is 0.487. The highest BCUT2D eigenvalue weighted by molar-refractivity contribution is 7.10. The minimum Gasteiger partial charge on any atom is -0.373 e. The maximum Gasteiger partial charge on any atom is 0.191 e. The van der Waals surface area contributed by atoms with Crippen molar-refractivity contribution < 1.29 is 0 Å². The lowest BCUT2D eigenvalue weighted by molar-refractivity contribution is 0.705. The quantitative estimate of drug-likeness (QED) is 0.605. The van der Waals surface area contributed by atoms with Gasteiger partial charge in [-0.25, -0.2) is 0 Å². The summed E-state index contributed by atoms with van der Waals surface area (Å²) in [6, 6.07) is 14.7. The number of nitrogens with zero attached hydrogens (tertiary/aromatic N) is 2. The van der Waals surface area contributed by atoms with E-state index in [1.165, 1.54) is 10.6 Å². The van der Waals surface area contributed by atoms with Crippen molar-refractivity contribution in [2.24, 2.45) is 4.99 Å². The highest BCUT2D eigenvalue weighted by Crippen LogP contribution is 2.19. The van der Waals surface area contributed by atoms with Gasteiger partial charge in [0.05, 0.1) is 0 Å². The molecule has 0 aliphatic rings. The summed E-state index contributed by atoms with van der Waals surface area (Å²) in [4.78, 5) is 7.92. The number of guanidine groups is 1. The lowest BCUT2D eigenvalue weighted by Gasteiger charge is -2.21. The van der Waals surface area contributed by atoms with Crippen LogP contribution in [-0.2, 0) is 0 Å². The van der Waals surface area contributed by atoms with Crippen molar-refractivity contribution in [1.29, 1.82) is 0 Å². The van der Waals surface area contributed by atoms with Crippen molar-refractivity contribution >= 4 is 23.0 Å². The second-order valence-corrected chi connectivity index (χ2v) is 6.53. The number of aliphatic imine (C=N–C) groups is 1. The summed E-state index contributed by atoms with van der Waals surface area (Å²) >= 11 is 1.80. The van der Waals surface area contributed by atoms with E-state index >= 15 is 0 Å². The van der Waals surface area contributed by atoms with Gasteiger partial charge in [-0.3, -0.25) is 4.99 Å². The zero-order valence-electron chi connectivity index (χ0n) is 14.1. The number of hydrogen-bond acceptors (Lipinski definition) is 3. The molecule has 0 saturated carbocycles. The second kappa shape index (κ2) is 9.20. The first-order chi connectivity index (χ1) is 11.2. The Hall–Kier alpha value is -2.01. The molecule has 0 amide bonds. The zero-order chi connectivity index (χ0) is 16.5. The Morgan fingerprint density at radius 1 is 1.17 bits per heavy atom. The number of anilines is 1.